The van der Waals surface area contributed by atoms with E-state index in [2.05, 4.69) is 0 Å². The monoisotopic (exact) mass is 226 g/mol. The van der Waals surface area contributed by atoms with Gasteiger partial charge in [-0.15, -0.1) is 0 Å². The lowest BCUT2D eigenvalue weighted by Crippen LogP contribution is -2.46. The maximum absolute atomic E-state index is 10.9. The third-order valence-electron chi connectivity index (χ3n) is 1.14. The lowest BCUT2D eigenvalue weighted by Gasteiger charge is -2.08. The molecule has 0 saturated heterocycles. The SMILES string of the molecule is N[C@@H](CS(=O)(=O)O)C(=O)NCC(=O)O. The molecule has 0 aliphatic heterocycles. The first-order valence-corrected chi connectivity index (χ1v) is 5.03. The van der Waals surface area contributed by atoms with Crippen LogP contribution in [0, 0.1) is 0 Å². The summed E-state index contributed by atoms with van der Waals surface area (Å²) < 4.78 is 28.8. The minimum atomic E-state index is -4.34. The Balaban J connectivity index is 4.07. The molecule has 0 aromatic carbocycles. The van der Waals surface area contributed by atoms with Gasteiger partial charge in [0.2, 0.25) is 5.91 Å². The molecule has 8 nitrogen and oxygen atoms in total. The number of amides is 1. The van der Waals surface area contributed by atoms with Gasteiger partial charge in [0.05, 0.1) is 5.75 Å². The predicted octanol–water partition coefficient (Wildman–Crippen LogP) is -2.60. The molecule has 1 amide bonds. The lowest BCUT2D eigenvalue weighted by molar-refractivity contribution is -0.138. The molecule has 0 aliphatic rings. The maximum Gasteiger partial charge on any atom is 0.322 e. The van der Waals surface area contributed by atoms with Crippen LogP contribution in [0.5, 0.6) is 0 Å². The molecule has 0 aromatic rings. The zero-order valence-corrected chi connectivity index (χ0v) is 7.82. The van der Waals surface area contributed by atoms with E-state index in [9.17, 15) is 18.0 Å². The fourth-order valence-corrected chi connectivity index (χ4v) is 1.20. The molecule has 0 rings (SSSR count). The average molecular weight is 226 g/mol. The Morgan fingerprint density at radius 2 is 1.93 bits per heavy atom. The van der Waals surface area contributed by atoms with E-state index < -0.39 is 40.3 Å². The van der Waals surface area contributed by atoms with E-state index in [0.29, 0.717) is 0 Å². The molecular formula is C5H10N2O6S. The lowest BCUT2D eigenvalue weighted by atomic mass is 10.3. The van der Waals surface area contributed by atoms with Gasteiger partial charge >= 0.3 is 5.97 Å². The molecule has 1 atom stereocenters. The molecule has 0 spiro atoms. The van der Waals surface area contributed by atoms with Crippen LogP contribution in [0.4, 0.5) is 0 Å². The van der Waals surface area contributed by atoms with Crippen LogP contribution >= 0.6 is 0 Å². The second-order valence-corrected chi connectivity index (χ2v) is 3.96. The number of nitrogens with two attached hydrogens (primary N) is 1. The molecular weight excluding hydrogens is 216 g/mol. The predicted molar refractivity (Wildman–Crippen MR) is 45.0 cm³/mol. The van der Waals surface area contributed by atoms with Crippen LogP contribution in [0.15, 0.2) is 0 Å². The van der Waals surface area contributed by atoms with Gasteiger partial charge in [-0.25, -0.2) is 0 Å². The van der Waals surface area contributed by atoms with Crippen LogP contribution in [0.3, 0.4) is 0 Å². The highest BCUT2D eigenvalue weighted by molar-refractivity contribution is 7.85. The van der Waals surface area contributed by atoms with E-state index in [0.717, 1.165) is 0 Å². The Morgan fingerprint density at radius 3 is 2.29 bits per heavy atom. The minimum absolute atomic E-state index is 0.655. The minimum Gasteiger partial charge on any atom is -0.480 e. The zero-order chi connectivity index (χ0) is 11.4. The summed E-state index contributed by atoms with van der Waals surface area (Å²) in [5.41, 5.74) is 5.05. The van der Waals surface area contributed by atoms with E-state index >= 15 is 0 Å². The third-order valence-corrected chi connectivity index (χ3v) is 1.92. The van der Waals surface area contributed by atoms with Crippen molar-refractivity contribution < 1.29 is 27.7 Å². The zero-order valence-electron chi connectivity index (χ0n) is 7.00. The van der Waals surface area contributed by atoms with E-state index in [1.54, 1.807) is 0 Å². The van der Waals surface area contributed by atoms with E-state index in [1.807, 2.05) is 5.32 Å². The van der Waals surface area contributed by atoms with Crippen LogP contribution in [0.2, 0.25) is 0 Å². The number of carboxylic acids is 1. The number of rotatable bonds is 5. The van der Waals surface area contributed by atoms with Crippen molar-refractivity contribution in [3.05, 3.63) is 0 Å². The Bertz CT molecular complexity index is 323. The summed E-state index contributed by atoms with van der Waals surface area (Å²) in [5, 5.41) is 10.0. The fraction of sp³-hybridized carbons (Fsp3) is 0.600. The van der Waals surface area contributed by atoms with Crippen LogP contribution in [-0.2, 0) is 19.7 Å². The van der Waals surface area contributed by atoms with Crippen molar-refractivity contribution in [1.29, 1.82) is 0 Å². The first kappa shape index (κ1) is 12.8. The van der Waals surface area contributed by atoms with Crippen LogP contribution < -0.4 is 11.1 Å². The standard InChI is InChI=1S/C5H10N2O6S/c6-3(2-14(11,12)13)5(10)7-1-4(8)9/h3H,1-2,6H2,(H,7,10)(H,8,9)(H,11,12,13)/t3-/m0/s1. The summed E-state index contributed by atoms with van der Waals surface area (Å²) in [6.07, 6.45) is 0. The molecule has 82 valence electrons. The first-order valence-electron chi connectivity index (χ1n) is 3.42. The number of hydrogen-bond acceptors (Lipinski definition) is 5. The third kappa shape index (κ3) is 6.34. The van der Waals surface area contributed by atoms with Crippen molar-refractivity contribution >= 4 is 22.0 Å². The highest BCUT2D eigenvalue weighted by Crippen LogP contribution is 1.87. The molecule has 0 fully saturated rings. The van der Waals surface area contributed by atoms with Crippen molar-refractivity contribution in [1.82, 2.24) is 5.32 Å². The molecule has 0 bridgehead atoms. The van der Waals surface area contributed by atoms with Crippen molar-refractivity contribution in [2.75, 3.05) is 12.3 Å². The summed E-state index contributed by atoms with van der Waals surface area (Å²) in [6, 6.07) is -1.48. The molecule has 14 heavy (non-hydrogen) atoms. The Hall–Kier alpha value is -1.19. The van der Waals surface area contributed by atoms with Gasteiger partial charge in [0.15, 0.2) is 0 Å². The van der Waals surface area contributed by atoms with Gasteiger partial charge < -0.3 is 16.2 Å². The first-order chi connectivity index (χ1) is 6.22. The molecule has 5 N–H and O–H groups in total. The highest BCUT2D eigenvalue weighted by Gasteiger charge is 2.20. The Labute approximate surface area is 79.8 Å². The van der Waals surface area contributed by atoms with Gasteiger partial charge in [-0.2, -0.15) is 8.42 Å². The summed E-state index contributed by atoms with van der Waals surface area (Å²) in [7, 11) is -4.34. The average Bonchev–Trinajstić information content (AvgIpc) is 1.96. The van der Waals surface area contributed by atoms with Crippen molar-refractivity contribution in [3.8, 4) is 0 Å². The second-order valence-electron chi connectivity index (χ2n) is 2.47. The maximum atomic E-state index is 10.9. The van der Waals surface area contributed by atoms with E-state index in [1.165, 1.54) is 0 Å². The van der Waals surface area contributed by atoms with Gasteiger partial charge in [0, 0.05) is 0 Å². The molecule has 0 unspecified atom stereocenters. The van der Waals surface area contributed by atoms with Gasteiger partial charge in [-0.3, -0.25) is 14.1 Å². The summed E-state index contributed by atoms with van der Waals surface area (Å²) in [5.74, 6) is -3.18. The molecule has 0 saturated carbocycles. The summed E-state index contributed by atoms with van der Waals surface area (Å²) in [4.78, 5) is 20.8. The van der Waals surface area contributed by atoms with Crippen LogP contribution in [0.25, 0.3) is 0 Å². The summed E-state index contributed by atoms with van der Waals surface area (Å²) in [6.45, 7) is -0.655. The van der Waals surface area contributed by atoms with Crippen molar-refractivity contribution in [2.24, 2.45) is 5.73 Å². The molecule has 0 aromatic heterocycles. The van der Waals surface area contributed by atoms with Crippen LogP contribution in [0.1, 0.15) is 0 Å². The van der Waals surface area contributed by atoms with Gasteiger partial charge in [-0.05, 0) is 0 Å². The number of nitrogens with one attached hydrogen (secondary N) is 1. The topological polar surface area (TPSA) is 147 Å². The molecule has 9 heteroatoms. The van der Waals surface area contributed by atoms with Gasteiger partial charge in [-0.1, -0.05) is 0 Å². The number of aliphatic carboxylic acids is 1. The van der Waals surface area contributed by atoms with Gasteiger partial charge in [0.1, 0.15) is 12.6 Å². The van der Waals surface area contributed by atoms with Crippen molar-refractivity contribution in [2.45, 2.75) is 6.04 Å². The molecule has 0 aliphatic carbocycles. The number of carboxylic acid groups (broad SMARTS) is 1. The second kappa shape index (κ2) is 4.88. The number of carbonyl (C=O) groups excluding carboxylic acids is 1. The van der Waals surface area contributed by atoms with Crippen LogP contribution in [-0.4, -0.2) is 48.3 Å². The largest absolute Gasteiger partial charge is 0.480 e. The van der Waals surface area contributed by atoms with Crippen molar-refractivity contribution in [3.63, 3.8) is 0 Å². The van der Waals surface area contributed by atoms with E-state index in [-0.39, 0.29) is 0 Å². The Morgan fingerprint density at radius 1 is 1.43 bits per heavy atom. The quantitative estimate of drug-likeness (QED) is 0.376. The Kier molecular flexibility index (Phi) is 4.47. The molecule has 0 heterocycles. The smallest absolute Gasteiger partial charge is 0.322 e. The van der Waals surface area contributed by atoms with Gasteiger partial charge in [0.25, 0.3) is 10.1 Å². The van der Waals surface area contributed by atoms with E-state index in [4.69, 9.17) is 15.4 Å². The highest BCUT2D eigenvalue weighted by atomic mass is 32.2. The molecule has 0 radical (unpaired) electrons. The summed E-state index contributed by atoms with van der Waals surface area (Å²) >= 11 is 0. The fourth-order valence-electron chi connectivity index (χ4n) is 0.596. The normalized spacial score (nSPS) is 13.3. The number of hydrogen-bond donors (Lipinski definition) is 4. The number of carbonyl (C=O) groups is 2.